The van der Waals surface area contributed by atoms with Gasteiger partial charge in [-0.05, 0) is 64.8 Å². The fourth-order valence-electron chi connectivity index (χ4n) is 5.22. The van der Waals surface area contributed by atoms with Crippen LogP contribution in [0.3, 0.4) is 0 Å². The first-order valence-electron chi connectivity index (χ1n) is 13.5. The van der Waals surface area contributed by atoms with Crippen molar-refractivity contribution in [2.75, 3.05) is 0 Å². The Morgan fingerprint density at radius 3 is 2.12 bits per heavy atom. The second-order valence-electron chi connectivity index (χ2n) is 12.7. The lowest BCUT2D eigenvalue weighted by atomic mass is 9.78. The zero-order chi connectivity index (χ0) is 29.0. The van der Waals surface area contributed by atoms with E-state index in [1.165, 1.54) is 0 Å². The maximum Gasteiger partial charge on any atom is 0.191 e. The molecule has 0 aliphatic heterocycles. The Kier molecular flexibility index (Phi) is 6.79. The number of ketones is 2. The summed E-state index contributed by atoms with van der Waals surface area (Å²) in [6.45, 7) is 14.4. The molecule has 206 valence electrons. The van der Waals surface area contributed by atoms with Crippen LogP contribution in [0.25, 0.3) is 10.9 Å². The number of benzene rings is 3. The predicted octanol–water partition coefficient (Wildman–Crippen LogP) is 7.52. The highest BCUT2D eigenvalue weighted by Gasteiger charge is 2.40. The number of nitrogens with zero attached hydrogens (tertiary/aromatic N) is 1. The molecule has 0 spiro atoms. The Balaban J connectivity index is 1.42. The van der Waals surface area contributed by atoms with Gasteiger partial charge >= 0.3 is 0 Å². The number of fused-ring (bicyclic) bond motifs is 2. The second-order valence-corrected chi connectivity index (χ2v) is 12.7. The van der Waals surface area contributed by atoms with Crippen LogP contribution in [0.1, 0.15) is 96.1 Å². The molecule has 6 nitrogen and oxygen atoms in total. The predicted molar refractivity (Wildman–Crippen MR) is 155 cm³/mol. The highest BCUT2D eigenvalue weighted by Crippen LogP contribution is 2.40. The standard InChI is InChI=1S/C34H35NO5/c1-19-11-13-22-23(15-19)31(37)28(30(22)36)26-14-12-21-9-8-10-27(29(21)35-26)40-39-18-20-16-24(33(2,3)4)32(38)25(17-20)34(5,6)7/h8-17,28,38H,18H2,1-7H3. The number of phenolic OH excluding ortho intramolecular Hbond substituents is 1. The minimum atomic E-state index is -0.973. The van der Waals surface area contributed by atoms with Gasteiger partial charge in [-0.3, -0.25) is 9.59 Å². The van der Waals surface area contributed by atoms with Gasteiger partial charge in [0.1, 0.15) is 23.8 Å². The van der Waals surface area contributed by atoms with E-state index < -0.39 is 5.92 Å². The number of hydrogen-bond acceptors (Lipinski definition) is 6. The summed E-state index contributed by atoms with van der Waals surface area (Å²) in [5, 5.41) is 11.8. The van der Waals surface area contributed by atoms with E-state index in [0.29, 0.717) is 33.8 Å². The van der Waals surface area contributed by atoms with Crippen molar-refractivity contribution in [3.05, 3.63) is 99.7 Å². The number of aromatic nitrogens is 1. The zero-order valence-corrected chi connectivity index (χ0v) is 24.1. The quantitative estimate of drug-likeness (QED) is 0.161. The second kappa shape index (κ2) is 9.86. The summed E-state index contributed by atoms with van der Waals surface area (Å²) < 4.78 is 0. The van der Waals surface area contributed by atoms with Crippen molar-refractivity contribution in [2.45, 2.75) is 71.8 Å². The van der Waals surface area contributed by atoms with Crippen LogP contribution in [-0.2, 0) is 22.3 Å². The monoisotopic (exact) mass is 537 g/mol. The minimum absolute atomic E-state index is 0.150. The molecule has 0 fully saturated rings. The van der Waals surface area contributed by atoms with E-state index in [4.69, 9.17) is 14.8 Å². The van der Waals surface area contributed by atoms with Crippen LogP contribution in [0, 0.1) is 6.92 Å². The molecule has 1 N–H and O–H groups in total. The summed E-state index contributed by atoms with van der Waals surface area (Å²) in [6.07, 6.45) is 0. The summed E-state index contributed by atoms with van der Waals surface area (Å²) in [4.78, 5) is 42.5. The summed E-state index contributed by atoms with van der Waals surface area (Å²) in [6, 6.07) is 18.2. The molecule has 0 amide bonds. The summed E-state index contributed by atoms with van der Waals surface area (Å²) in [7, 11) is 0. The SMILES string of the molecule is Cc1ccc2c(c1)C(=O)C(c1ccc3cccc(OOCc4cc(C(C)(C)C)c(O)c(C(C)(C)C)c4)c3n1)C2=O. The Morgan fingerprint density at radius 1 is 0.825 bits per heavy atom. The lowest BCUT2D eigenvalue weighted by Crippen LogP contribution is -2.18. The van der Waals surface area contributed by atoms with Crippen molar-refractivity contribution < 1.29 is 24.5 Å². The molecule has 0 bridgehead atoms. The lowest BCUT2D eigenvalue weighted by Gasteiger charge is -2.28. The van der Waals surface area contributed by atoms with Crippen molar-refractivity contribution in [2.24, 2.45) is 0 Å². The minimum Gasteiger partial charge on any atom is -0.507 e. The van der Waals surface area contributed by atoms with Crippen molar-refractivity contribution in [3.63, 3.8) is 0 Å². The van der Waals surface area contributed by atoms with Crippen LogP contribution < -0.4 is 4.89 Å². The van der Waals surface area contributed by atoms with Gasteiger partial charge in [0.15, 0.2) is 17.3 Å². The number of phenols is 1. The Morgan fingerprint density at radius 2 is 1.48 bits per heavy atom. The Hall–Kier alpha value is -4.03. The van der Waals surface area contributed by atoms with E-state index in [0.717, 1.165) is 27.6 Å². The molecule has 0 saturated heterocycles. The van der Waals surface area contributed by atoms with Crippen molar-refractivity contribution >= 4 is 22.5 Å². The third kappa shape index (κ3) is 5.00. The number of aromatic hydroxyl groups is 1. The Bertz CT molecular complexity index is 1620. The Labute approximate surface area is 234 Å². The van der Waals surface area contributed by atoms with Gasteiger partial charge < -0.3 is 9.99 Å². The van der Waals surface area contributed by atoms with Crippen LogP contribution in [0.2, 0.25) is 0 Å². The van der Waals surface area contributed by atoms with E-state index >= 15 is 0 Å². The average Bonchev–Trinajstić information content (AvgIpc) is 3.12. The molecule has 0 saturated carbocycles. The molecule has 6 heteroatoms. The van der Waals surface area contributed by atoms with Gasteiger partial charge in [0.25, 0.3) is 0 Å². The van der Waals surface area contributed by atoms with E-state index in [1.54, 1.807) is 24.3 Å². The third-order valence-corrected chi connectivity index (χ3v) is 7.39. The highest BCUT2D eigenvalue weighted by molar-refractivity contribution is 6.29. The number of Topliss-reactive ketones (excluding diaryl/α,β-unsaturated/α-hetero) is 2. The number of para-hydroxylation sites is 1. The van der Waals surface area contributed by atoms with Crippen LogP contribution in [0.5, 0.6) is 11.5 Å². The zero-order valence-electron chi connectivity index (χ0n) is 24.1. The number of hydrogen-bond donors (Lipinski definition) is 1. The molecule has 40 heavy (non-hydrogen) atoms. The van der Waals surface area contributed by atoms with E-state index in [-0.39, 0.29) is 29.0 Å². The maximum absolute atomic E-state index is 13.2. The van der Waals surface area contributed by atoms with E-state index in [9.17, 15) is 14.7 Å². The van der Waals surface area contributed by atoms with Crippen molar-refractivity contribution in [1.82, 2.24) is 4.98 Å². The van der Waals surface area contributed by atoms with E-state index in [1.807, 2.05) is 43.3 Å². The molecule has 0 radical (unpaired) electrons. The molecule has 1 aromatic heterocycles. The fourth-order valence-corrected chi connectivity index (χ4v) is 5.22. The lowest BCUT2D eigenvalue weighted by molar-refractivity contribution is -0.216. The molecule has 1 aliphatic rings. The van der Waals surface area contributed by atoms with Crippen LogP contribution in [0.4, 0.5) is 0 Å². The summed E-state index contributed by atoms with van der Waals surface area (Å²) in [5.41, 5.74) is 4.74. The van der Waals surface area contributed by atoms with Gasteiger partial charge in [0, 0.05) is 16.5 Å². The molecule has 1 heterocycles. The number of rotatable bonds is 5. The van der Waals surface area contributed by atoms with Gasteiger partial charge in [-0.15, -0.1) is 0 Å². The molecule has 3 aromatic carbocycles. The van der Waals surface area contributed by atoms with Gasteiger partial charge in [-0.25, -0.2) is 4.98 Å². The maximum atomic E-state index is 13.2. The molecule has 1 aliphatic carbocycles. The van der Waals surface area contributed by atoms with Gasteiger partial charge in [-0.2, -0.15) is 4.89 Å². The first-order valence-corrected chi connectivity index (χ1v) is 13.5. The van der Waals surface area contributed by atoms with Crippen LogP contribution in [-0.4, -0.2) is 21.7 Å². The van der Waals surface area contributed by atoms with Gasteiger partial charge in [0.2, 0.25) is 0 Å². The summed E-state index contributed by atoms with van der Waals surface area (Å²) >= 11 is 0. The molecule has 4 aromatic rings. The van der Waals surface area contributed by atoms with E-state index in [2.05, 4.69) is 41.5 Å². The first kappa shape index (κ1) is 27.5. The number of carbonyl (C=O) groups is 2. The molecular weight excluding hydrogens is 502 g/mol. The number of pyridine rings is 1. The normalized spacial score (nSPS) is 15.5. The molecule has 1 unspecified atom stereocenters. The largest absolute Gasteiger partial charge is 0.507 e. The summed E-state index contributed by atoms with van der Waals surface area (Å²) in [5.74, 6) is -0.751. The van der Waals surface area contributed by atoms with Gasteiger partial charge in [0.05, 0.1) is 5.69 Å². The van der Waals surface area contributed by atoms with Crippen LogP contribution in [0.15, 0.2) is 60.7 Å². The van der Waals surface area contributed by atoms with Crippen molar-refractivity contribution in [3.8, 4) is 11.5 Å². The smallest absolute Gasteiger partial charge is 0.191 e. The topological polar surface area (TPSA) is 85.7 Å². The number of aryl methyl sites for hydroxylation is 1. The average molecular weight is 538 g/mol. The fraction of sp³-hybridized carbons (Fsp3) is 0.324. The third-order valence-electron chi connectivity index (χ3n) is 7.39. The highest BCUT2D eigenvalue weighted by atomic mass is 17.2. The molecule has 5 rings (SSSR count). The molecular formula is C34H35NO5. The number of carbonyl (C=O) groups excluding carboxylic acids is 2. The van der Waals surface area contributed by atoms with Crippen molar-refractivity contribution in [1.29, 1.82) is 0 Å². The molecule has 1 atom stereocenters. The van der Waals surface area contributed by atoms with Gasteiger partial charge in [-0.1, -0.05) is 77.4 Å². The van der Waals surface area contributed by atoms with Crippen LogP contribution >= 0.6 is 0 Å². The first-order chi connectivity index (χ1) is 18.8.